The second-order valence-electron chi connectivity index (χ2n) is 7.57. The summed E-state index contributed by atoms with van der Waals surface area (Å²) in [5.74, 6) is -0.317. The zero-order valence-corrected chi connectivity index (χ0v) is 19.0. The number of ether oxygens (including phenoxy) is 1. The maximum absolute atomic E-state index is 13.6. The van der Waals surface area contributed by atoms with Gasteiger partial charge in [-0.15, -0.1) is 0 Å². The van der Waals surface area contributed by atoms with E-state index in [0.717, 1.165) is 9.87 Å². The Bertz CT molecular complexity index is 1290. The Balaban J connectivity index is 1.73. The largest absolute Gasteiger partial charge is 0.497 e. The molecule has 1 N–H and O–H groups in total. The molecule has 9 heteroatoms. The van der Waals surface area contributed by atoms with Crippen molar-refractivity contribution in [3.05, 3.63) is 78.4 Å². The predicted molar refractivity (Wildman–Crippen MR) is 126 cm³/mol. The number of hydrogen-bond donors (Lipinski definition) is 1. The molecule has 0 spiro atoms. The van der Waals surface area contributed by atoms with Gasteiger partial charge in [0.15, 0.2) is 0 Å². The standard InChI is InChI=1S/C24H23N3O5S/c1-17-7-13-20(14-8-17)33(30,31)27(18-9-11-19(32-2)12-10-18)16-24(29)26-15-23(28)25-21-5-3-4-6-22(21)26/h3-14H,15-16H2,1-2H3,(H,25,28). The molecule has 1 heterocycles. The molecule has 1 aliphatic heterocycles. The van der Waals surface area contributed by atoms with Crippen LogP contribution in [0.25, 0.3) is 0 Å². The van der Waals surface area contributed by atoms with Crippen molar-refractivity contribution in [2.24, 2.45) is 0 Å². The van der Waals surface area contributed by atoms with Crippen LogP contribution in [0, 0.1) is 6.92 Å². The second kappa shape index (κ2) is 8.95. The number of sulfonamides is 1. The normalized spacial score (nSPS) is 13.2. The van der Waals surface area contributed by atoms with Gasteiger partial charge in [-0.25, -0.2) is 8.42 Å². The summed E-state index contributed by atoms with van der Waals surface area (Å²) < 4.78 is 33.4. The molecule has 33 heavy (non-hydrogen) atoms. The van der Waals surface area contributed by atoms with Crippen molar-refractivity contribution in [2.45, 2.75) is 11.8 Å². The molecule has 0 unspecified atom stereocenters. The molecule has 0 aromatic heterocycles. The van der Waals surface area contributed by atoms with E-state index in [1.54, 1.807) is 60.7 Å². The third kappa shape index (κ3) is 4.54. The van der Waals surface area contributed by atoms with Gasteiger partial charge in [-0.2, -0.15) is 0 Å². The van der Waals surface area contributed by atoms with Crippen LogP contribution in [0.15, 0.2) is 77.7 Å². The van der Waals surface area contributed by atoms with Crippen LogP contribution in [0.2, 0.25) is 0 Å². The zero-order chi connectivity index (χ0) is 23.6. The lowest BCUT2D eigenvalue weighted by Gasteiger charge is -2.32. The van der Waals surface area contributed by atoms with Crippen molar-refractivity contribution in [3.8, 4) is 5.75 Å². The first kappa shape index (κ1) is 22.3. The van der Waals surface area contributed by atoms with Crippen LogP contribution in [0.3, 0.4) is 0 Å². The van der Waals surface area contributed by atoms with E-state index < -0.39 is 22.5 Å². The molecule has 170 valence electrons. The van der Waals surface area contributed by atoms with Crippen molar-refractivity contribution in [2.75, 3.05) is 34.7 Å². The highest BCUT2D eigenvalue weighted by molar-refractivity contribution is 7.92. The molecule has 0 fully saturated rings. The van der Waals surface area contributed by atoms with E-state index in [0.29, 0.717) is 22.8 Å². The van der Waals surface area contributed by atoms with Crippen LogP contribution < -0.4 is 19.3 Å². The molecule has 0 radical (unpaired) electrons. The molecule has 8 nitrogen and oxygen atoms in total. The smallest absolute Gasteiger partial charge is 0.264 e. The number of aryl methyl sites for hydroxylation is 1. The summed E-state index contributed by atoms with van der Waals surface area (Å²) in [6, 6.07) is 19.7. The highest BCUT2D eigenvalue weighted by Gasteiger charge is 2.32. The van der Waals surface area contributed by atoms with Crippen LogP contribution in [0.4, 0.5) is 17.1 Å². The van der Waals surface area contributed by atoms with Crippen molar-refractivity contribution in [1.82, 2.24) is 0 Å². The molecule has 3 aromatic carbocycles. The molecule has 0 saturated heterocycles. The zero-order valence-electron chi connectivity index (χ0n) is 18.2. The van der Waals surface area contributed by atoms with Crippen molar-refractivity contribution >= 4 is 38.9 Å². The Hall–Kier alpha value is -3.85. The number of benzene rings is 3. The highest BCUT2D eigenvalue weighted by Crippen LogP contribution is 2.31. The quantitative estimate of drug-likeness (QED) is 0.603. The number of fused-ring (bicyclic) bond motifs is 1. The van der Waals surface area contributed by atoms with E-state index in [1.807, 2.05) is 6.92 Å². The topological polar surface area (TPSA) is 96.0 Å². The minimum atomic E-state index is -4.07. The van der Waals surface area contributed by atoms with Gasteiger partial charge in [-0.05, 0) is 55.5 Å². The third-order valence-electron chi connectivity index (χ3n) is 5.32. The van der Waals surface area contributed by atoms with E-state index in [9.17, 15) is 18.0 Å². The Morgan fingerprint density at radius 3 is 2.36 bits per heavy atom. The number of nitrogens with zero attached hydrogens (tertiary/aromatic N) is 2. The first-order chi connectivity index (χ1) is 15.8. The maximum Gasteiger partial charge on any atom is 0.264 e. The van der Waals surface area contributed by atoms with E-state index >= 15 is 0 Å². The fourth-order valence-electron chi connectivity index (χ4n) is 3.56. The lowest BCUT2D eigenvalue weighted by Crippen LogP contribution is -2.48. The number of hydrogen-bond acceptors (Lipinski definition) is 5. The van der Waals surface area contributed by atoms with Gasteiger partial charge in [0.1, 0.15) is 18.8 Å². The maximum atomic E-state index is 13.6. The molecule has 0 aliphatic carbocycles. The van der Waals surface area contributed by atoms with E-state index in [4.69, 9.17) is 4.74 Å². The van der Waals surface area contributed by atoms with E-state index in [2.05, 4.69) is 5.32 Å². The second-order valence-corrected chi connectivity index (χ2v) is 9.43. The summed E-state index contributed by atoms with van der Waals surface area (Å²) in [5, 5.41) is 2.73. The first-order valence-electron chi connectivity index (χ1n) is 10.2. The fraction of sp³-hybridized carbons (Fsp3) is 0.167. The molecule has 3 aromatic rings. The Labute approximate surface area is 192 Å². The predicted octanol–water partition coefficient (Wildman–Crippen LogP) is 3.18. The van der Waals surface area contributed by atoms with Gasteiger partial charge in [-0.3, -0.25) is 18.8 Å². The number of carbonyl (C=O) groups is 2. The number of nitrogens with one attached hydrogen (secondary N) is 1. The molecule has 1 aliphatic rings. The molecule has 4 rings (SSSR count). The van der Waals surface area contributed by atoms with Crippen LogP contribution in [-0.2, 0) is 19.6 Å². The Morgan fingerprint density at radius 1 is 1.03 bits per heavy atom. The van der Waals surface area contributed by atoms with Gasteiger partial charge in [0, 0.05) is 0 Å². The molecular weight excluding hydrogens is 442 g/mol. The number of methoxy groups -OCH3 is 1. The molecule has 0 atom stereocenters. The minimum Gasteiger partial charge on any atom is -0.497 e. The lowest BCUT2D eigenvalue weighted by molar-refractivity contribution is -0.121. The van der Waals surface area contributed by atoms with Crippen LogP contribution in [0.5, 0.6) is 5.75 Å². The number of para-hydroxylation sites is 2. The SMILES string of the molecule is COc1ccc(N(CC(=O)N2CC(=O)Nc3ccccc32)S(=O)(=O)c2ccc(C)cc2)cc1. The lowest BCUT2D eigenvalue weighted by atomic mass is 10.2. The van der Waals surface area contributed by atoms with Crippen molar-refractivity contribution in [1.29, 1.82) is 0 Å². The third-order valence-corrected chi connectivity index (χ3v) is 7.11. The number of anilines is 3. The summed E-state index contributed by atoms with van der Waals surface area (Å²) in [6.07, 6.45) is 0. The Morgan fingerprint density at radius 2 is 1.70 bits per heavy atom. The minimum absolute atomic E-state index is 0.0634. The first-order valence-corrected chi connectivity index (χ1v) is 11.7. The Kier molecular flexibility index (Phi) is 6.06. The average Bonchev–Trinajstić information content (AvgIpc) is 2.82. The monoisotopic (exact) mass is 465 g/mol. The van der Waals surface area contributed by atoms with Gasteiger partial charge in [0.05, 0.1) is 29.1 Å². The summed E-state index contributed by atoms with van der Waals surface area (Å²) in [6.45, 7) is 1.18. The molecular formula is C24H23N3O5S. The van der Waals surface area contributed by atoms with Crippen molar-refractivity contribution in [3.63, 3.8) is 0 Å². The average molecular weight is 466 g/mol. The van der Waals surface area contributed by atoms with Gasteiger partial charge in [0.2, 0.25) is 11.8 Å². The highest BCUT2D eigenvalue weighted by atomic mass is 32.2. The van der Waals surface area contributed by atoms with E-state index in [-0.39, 0.29) is 17.3 Å². The summed E-state index contributed by atoms with van der Waals surface area (Å²) in [5.41, 5.74) is 2.24. The molecule has 0 saturated carbocycles. The van der Waals surface area contributed by atoms with Gasteiger partial charge >= 0.3 is 0 Å². The fourth-order valence-corrected chi connectivity index (χ4v) is 4.98. The summed E-state index contributed by atoms with van der Waals surface area (Å²) >= 11 is 0. The van der Waals surface area contributed by atoms with Crippen molar-refractivity contribution < 1.29 is 22.7 Å². The molecule has 0 bridgehead atoms. The number of amides is 2. The van der Waals surface area contributed by atoms with E-state index in [1.165, 1.54) is 24.1 Å². The van der Waals surface area contributed by atoms with Crippen LogP contribution in [-0.4, -0.2) is 40.4 Å². The summed E-state index contributed by atoms with van der Waals surface area (Å²) in [4.78, 5) is 26.9. The number of carbonyl (C=O) groups excluding carboxylic acids is 2. The molecule has 2 amide bonds. The van der Waals surface area contributed by atoms with Crippen LogP contribution >= 0.6 is 0 Å². The van der Waals surface area contributed by atoms with Gasteiger partial charge < -0.3 is 10.1 Å². The summed E-state index contributed by atoms with van der Waals surface area (Å²) in [7, 11) is -2.56. The van der Waals surface area contributed by atoms with Gasteiger partial charge in [0.25, 0.3) is 10.0 Å². The number of rotatable bonds is 6. The van der Waals surface area contributed by atoms with Gasteiger partial charge in [-0.1, -0.05) is 29.8 Å². The van der Waals surface area contributed by atoms with Crippen LogP contribution in [0.1, 0.15) is 5.56 Å².